The first-order chi connectivity index (χ1) is 13.1. The normalized spacial score (nSPS) is 16.6. The van der Waals surface area contributed by atoms with E-state index >= 15 is 0 Å². The topological polar surface area (TPSA) is 100 Å². The molecule has 0 saturated carbocycles. The molecule has 1 fully saturated rings. The average Bonchev–Trinajstić information content (AvgIpc) is 3.27. The average molecular weight is 375 g/mol. The van der Waals surface area contributed by atoms with E-state index in [9.17, 15) is 14.0 Å². The monoisotopic (exact) mass is 375 g/mol. The molecule has 1 aromatic heterocycles. The molecule has 2 N–H and O–H groups in total. The van der Waals surface area contributed by atoms with E-state index in [4.69, 9.17) is 4.52 Å². The zero-order valence-corrected chi connectivity index (χ0v) is 15.1. The highest BCUT2D eigenvalue weighted by molar-refractivity contribution is 5.78. The molecule has 0 radical (unpaired) electrons. The van der Waals surface area contributed by atoms with Gasteiger partial charge in [0.2, 0.25) is 11.8 Å². The molecule has 0 spiro atoms. The van der Waals surface area contributed by atoms with E-state index in [0.717, 1.165) is 6.42 Å². The van der Waals surface area contributed by atoms with Crippen LogP contribution in [0.15, 0.2) is 28.8 Å². The molecule has 0 unspecified atom stereocenters. The van der Waals surface area contributed by atoms with E-state index in [1.54, 1.807) is 23.1 Å². The Hall–Kier alpha value is -2.97. The summed E-state index contributed by atoms with van der Waals surface area (Å²) in [6.07, 6.45) is 1.71. The van der Waals surface area contributed by atoms with Gasteiger partial charge in [0.05, 0.1) is 6.54 Å². The lowest BCUT2D eigenvalue weighted by molar-refractivity contribution is -0.130. The van der Waals surface area contributed by atoms with E-state index in [0.29, 0.717) is 36.7 Å². The van der Waals surface area contributed by atoms with Gasteiger partial charge in [0.1, 0.15) is 11.9 Å². The van der Waals surface area contributed by atoms with Crippen LogP contribution in [0.2, 0.25) is 0 Å². The van der Waals surface area contributed by atoms with Crippen LogP contribution < -0.4 is 10.6 Å². The zero-order chi connectivity index (χ0) is 19.2. The number of benzene rings is 1. The molecular weight excluding hydrogens is 353 g/mol. The SMILES string of the molecule is CCCNC(=O)NCc1noc([C@@H]2CCC(=O)N2Cc2ccccc2F)n1. The van der Waals surface area contributed by atoms with E-state index < -0.39 is 6.04 Å². The standard InChI is InChI=1S/C18H22FN5O3/c1-2-9-20-18(26)21-10-15-22-17(27-23-15)14-7-8-16(25)24(14)11-12-5-3-4-6-13(12)19/h3-6,14H,2,7-11H2,1H3,(H2,20,21,26)/t14-/m0/s1. The third-order valence-corrected chi connectivity index (χ3v) is 4.34. The Balaban J connectivity index is 1.64. The highest BCUT2D eigenvalue weighted by atomic mass is 19.1. The van der Waals surface area contributed by atoms with Crippen LogP contribution in [0.1, 0.15) is 49.5 Å². The largest absolute Gasteiger partial charge is 0.338 e. The van der Waals surface area contributed by atoms with Crippen molar-refractivity contribution in [1.29, 1.82) is 0 Å². The minimum absolute atomic E-state index is 0.0833. The van der Waals surface area contributed by atoms with Crippen molar-refractivity contribution in [2.24, 2.45) is 0 Å². The molecule has 2 heterocycles. The van der Waals surface area contributed by atoms with E-state index in [2.05, 4.69) is 20.8 Å². The molecule has 0 bridgehead atoms. The molecule has 0 aliphatic carbocycles. The molecule has 1 aliphatic heterocycles. The Morgan fingerprint density at radius 2 is 2.19 bits per heavy atom. The predicted molar refractivity (Wildman–Crippen MR) is 93.8 cm³/mol. The van der Waals surface area contributed by atoms with Crippen LogP contribution in [0.5, 0.6) is 0 Å². The van der Waals surface area contributed by atoms with Crippen LogP contribution in [-0.2, 0) is 17.9 Å². The smallest absolute Gasteiger partial charge is 0.315 e. The van der Waals surface area contributed by atoms with Crippen molar-refractivity contribution in [3.63, 3.8) is 0 Å². The number of likely N-dealkylation sites (tertiary alicyclic amines) is 1. The van der Waals surface area contributed by atoms with Crippen molar-refractivity contribution in [3.8, 4) is 0 Å². The van der Waals surface area contributed by atoms with Gasteiger partial charge in [-0.1, -0.05) is 30.3 Å². The second kappa shape index (κ2) is 8.61. The number of amides is 3. The Kier molecular flexibility index (Phi) is 6.00. The van der Waals surface area contributed by atoms with Crippen molar-refractivity contribution in [3.05, 3.63) is 47.4 Å². The second-order valence-corrected chi connectivity index (χ2v) is 6.33. The zero-order valence-electron chi connectivity index (χ0n) is 15.1. The van der Waals surface area contributed by atoms with E-state index in [1.165, 1.54) is 6.07 Å². The van der Waals surface area contributed by atoms with Crippen LogP contribution in [0, 0.1) is 5.82 Å². The van der Waals surface area contributed by atoms with Gasteiger partial charge in [-0.05, 0) is 18.9 Å². The summed E-state index contributed by atoms with van der Waals surface area (Å²) < 4.78 is 19.2. The second-order valence-electron chi connectivity index (χ2n) is 6.33. The fourth-order valence-corrected chi connectivity index (χ4v) is 2.93. The van der Waals surface area contributed by atoms with Crippen LogP contribution in [0.4, 0.5) is 9.18 Å². The minimum Gasteiger partial charge on any atom is -0.338 e. The molecule has 2 aromatic rings. The summed E-state index contributed by atoms with van der Waals surface area (Å²) >= 11 is 0. The summed E-state index contributed by atoms with van der Waals surface area (Å²) in [4.78, 5) is 29.7. The van der Waals surface area contributed by atoms with Gasteiger partial charge in [-0.15, -0.1) is 0 Å². The van der Waals surface area contributed by atoms with Crippen LogP contribution in [0.25, 0.3) is 0 Å². The number of hydrogen-bond acceptors (Lipinski definition) is 5. The molecule has 9 heteroatoms. The summed E-state index contributed by atoms with van der Waals surface area (Å²) in [7, 11) is 0. The van der Waals surface area contributed by atoms with Gasteiger partial charge in [-0.25, -0.2) is 9.18 Å². The van der Waals surface area contributed by atoms with Crippen molar-refractivity contribution >= 4 is 11.9 Å². The van der Waals surface area contributed by atoms with Crippen LogP contribution in [0.3, 0.4) is 0 Å². The summed E-state index contributed by atoms with van der Waals surface area (Å²) in [6.45, 7) is 2.80. The maximum Gasteiger partial charge on any atom is 0.315 e. The quantitative estimate of drug-likeness (QED) is 0.773. The Morgan fingerprint density at radius 1 is 1.37 bits per heavy atom. The molecule has 3 rings (SSSR count). The molecule has 144 valence electrons. The lowest BCUT2D eigenvalue weighted by atomic mass is 10.1. The van der Waals surface area contributed by atoms with Crippen LogP contribution >= 0.6 is 0 Å². The molecule has 3 amide bonds. The van der Waals surface area contributed by atoms with Gasteiger partial charge in [0.25, 0.3) is 0 Å². The van der Waals surface area contributed by atoms with Crippen molar-refractivity contribution < 1.29 is 18.5 Å². The molecule has 1 aliphatic rings. The van der Waals surface area contributed by atoms with E-state index in [-0.39, 0.29) is 30.8 Å². The molecule has 1 aromatic carbocycles. The fourth-order valence-electron chi connectivity index (χ4n) is 2.93. The number of nitrogens with one attached hydrogen (secondary N) is 2. The maximum atomic E-state index is 13.9. The number of urea groups is 1. The summed E-state index contributed by atoms with van der Waals surface area (Å²) in [5.74, 6) is 0.175. The van der Waals surface area contributed by atoms with Gasteiger partial charge in [-0.3, -0.25) is 4.79 Å². The first kappa shape index (κ1) is 18.8. The Labute approximate surface area is 156 Å². The fraction of sp³-hybridized carbons (Fsp3) is 0.444. The predicted octanol–water partition coefficient (Wildman–Crippen LogP) is 2.28. The van der Waals surface area contributed by atoms with Gasteiger partial charge in [0.15, 0.2) is 5.82 Å². The highest BCUT2D eigenvalue weighted by Crippen LogP contribution is 2.33. The van der Waals surface area contributed by atoms with Gasteiger partial charge >= 0.3 is 6.03 Å². The van der Waals surface area contributed by atoms with Crippen molar-refractivity contribution in [1.82, 2.24) is 25.7 Å². The van der Waals surface area contributed by atoms with E-state index in [1.807, 2.05) is 6.92 Å². The number of rotatable bonds is 7. The molecular formula is C18H22FN5O3. The molecule has 27 heavy (non-hydrogen) atoms. The van der Waals surface area contributed by atoms with Gasteiger partial charge < -0.3 is 20.1 Å². The summed E-state index contributed by atoms with van der Waals surface area (Å²) in [6, 6.07) is 5.65. The Bertz CT molecular complexity index is 810. The van der Waals surface area contributed by atoms with Crippen molar-refractivity contribution in [2.75, 3.05) is 6.54 Å². The maximum absolute atomic E-state index is 13.9. The number of halogens is 1. The first-order valence-electron chi connectivity index (χ1n) is 8.95. The van der Waals surface area contributed by atoms with Crippen LogP contribution in [-0.4, -0.2) is 33.5 Å². The van der Waals surface area contributed by atoms with Crippen molar-refractivity contribution in [2.45, 2.75) is 45.3 Å². The lowest BCUT2D eigenvalue weighted by Crippen LogP contribution is -2.35. The van der Waals surface area contributed by atoms with Gasteiger partial charge in [0, 0.05) is 25.1 Å². The highest BCUT2D eigenvalue weighted by Gasteiger charge is 2.36. The minimum atomic E-state index is -0.396. The number of carbonyl (C=O) groups excluding carboxylic acids is 2. The molecule has 1 atom stereocenters. The number of aromatic nitrogens is 2. The molecule has 1 saturated heterocycles. The van der Waals surface area contributed by atoms with Gasteiger partial charge in [-0.2, -0.15) is 4.98 Å². The lowest BCUT2D eigenvalue weighted by Gasteiger charge is -2.22. The third kappa shape index (κ3) is 4.60. The summed E-state index contributed by atoms with van der Waals surface area (Å²) in [5, 5.41) is 9.18. The Morgan fingerprint density at radius 3 is 2.96 bits per heavy atom. The number of carbonyl (C=O) groups is 2. The number of nitrogens with zero attached hydrogens (tertiary/aromatic N) is 3. The summed E-state index contributed by atoms with van der Waals surface area (Å²) in [5.41, 5.74) is 0.437. The number of hydrogen-bond donors (Lipinski definition) is 2. The molecule has 8 nitrogen and oxygen atoms in total. The third-order valence-electron chi connectivity index (χ3n) is 4.34. The first-order valence-corrected chi connectivity index (χ1v) is 8.95.